The standard InChI is InChI=1S/C35H42N6O5/c1-22(2)30-32(43)36-23(3)33(44)40-19-9-12-27(38-40)31(42)39-41(21-25-10-7-6-8-11-25)29-16-15-26-14-13-24(20-28(26)37-29)17-18-35(4,5)34(45)46-30/h6-8,10-11,13-18,20,22-23,27,30,38H,9,12,19,21H2,1-5H3,(H,36,43)(H,39,42)/b18-17+/t23-,27-,30-/m0/s1. The van der Waals surface area contributed by atoms with Crippen LogP contribution in [0, 0.1) is 11.3 Å². The van der Waals surface area contributed by atoms with Crippen molar-refractivity contribution in [3.63, 3.8) is 0 Å². The van der Waals surface area contributed by atoms with E-state index in [4.69, 9.17) is 9.72 Å². The number of carbonyl (C=O) groups excluding carboxylic acids is 4. The summed E-state index contributed by atoms with van der Waals surface area (Å²) in [5.41, 5.74) is 7.53. The fourth-order valence-electron chi connectivity index (χ4n) is 5.39. The summed E-state index contributed by atoms with van der Waals surface area (Å²) in [6, 6.07) is 17.7. The number of ether oxygens (including phenoxy) is 1. The Morgan fingerprint density at radius 3 is 2.48 bits per heavy atom. The zero-order valence-corrected chi connectivity index (χ0v) is 26.9. The molecule has 3 heterocycles. The summed E-state index contributed by atoms with van der Waals surface area (Å²) in [5, 5.41) is 6.71. The highest BCUT2D eigenvalue weighted by Crippen LogP contribution is 2.26. The molecule has 5 bridgehead atoms. The van der Waals surface area contributed by atoms with E-state index >= 15 is 0 Å². The van der Waals surface area contributed by atoms with Gasteiger partial charge in [0.2, 0.25) is 0 Å². The number of benzene rings is 2. The van der Waals surface area contributed by atoms with E-state index in [-0.39, 0.29) is 11.8 Å². The number of carbonyl (C=O) groups is 4. The Hall–Kier alpha value is -4.77. The maximum absolute atomic E-state index is 13.7. The molecule has 0 unspecified atom stereocenters. The van der Waals surface area contributed by atoms with Crippen LogP contribution < -0.4 is 21.2 Å². The topological polar surface area (TPSA) is 133 Å². The first-order chi connectivity index (χ1) is 21.9. The smallest absolute Gasteiger partial charge is 0.316 e. The lowest BCUT2D eigenvalue weighted by molar-refractivity contribution is -0.165. The molecule has 3 amide bonds. The molecule has 1 fully saturated rings. The van der Waals surface area contributed by atoms with Gasteiger partial charge in [-0.25, -0.2) is 10.4 Å². The molecule has 0 spiro atoms. The van der Waals surface area contributed by atoms with Crippen molar-refractivity contribution in [2.75, 3.05) is 11.6 Å². The number of amides is 3. The van der Waals surface area contributed by atoms with E-state index in [9.17, 15) is 19.2 Å². The fraction of sp³-hybridized carbons (Fsp3) is 0.400. The Balaban J connectivity index is 1.54. The van der Waals surface area contributed by atoms with Crippen molar-refractivity contribution in [2.45, 2.75) is 72.2 Å². The van der Waals surface area contributed by atoms with Gasteiger partial charge >= 0.3 is 5.97 Å². The lowest BCUT2D eigenvalue weighted by Gasteiger charge is -2.36. The first-order valence-corrected chi connectivity index (χ1v) is 15.7. The predicted octanol–water partition coefficient (Wildman–Crippen LogP) is 3.89. The Bertz CT molecular complexity index is 1640. The molecule has 46 heavy (non-hydrogen) atoms. The largest absolute Gasteiger partial charge is 0.451 e. The van der Waals surface area contributed by atoms with Crippen LogP contribution >= 0.6 is 0 Å². The van der Waals surface area contributed by atoms with Crippen LogP contribution in [0.15, 0.2) is 66.7 Å². The number of nitrogens with zero attached hydrogens (tertiary/aromatic N) is 3. The molecule has 0 radical (unpaired) electrons. The number of cyclic esters (lactones) is 1. The molecule has 1 saturated heterocycles. The van der Waals surface area contributed by atoms with Crippen molar-refractivity contribution in [2.24, 2.45) is 11.3 Å². The normalized spacial score (nSPS) is 23.6. The van der Waals surface area contributed by atoms with Gasteiger partial charge in [0, 0.05) is 11.9 Å². The minimum Gasteiger partial charge on any atom is -0.451 e. The van der Waals surface area contributed by atoms with Gasteiger partial charge in [-0.3, -0.25) is 34.6 Å². The molecule has 2 aliphatic rings. The summed E-state index contributed by atoms with van der Waals surface area (Å²) < 4.78 is 5.74. The van der Waals surface area contributed by atoms with Crippen molar-refractivity contribution in [3.05, 3.63) is 77.9 Å². The molecule has 0 aliphatic carbocycles. The molecule has 3 atom stereocenters. The molecular weight excluding hydrogens is 584 g/mol. The Morgan fingerprint density at radius 2 is 1.74 bits per heavy atom. The number of fused-ring (bicyclic) bond motifs is 4. The predicted molar refractivity (Wildman–Crippen MR) is 176 cm³/mol. The van der Waals surface area contributed by atoms with E-state index in [1.54, 1.807) is 45.7 Å². The number of hydrogen-bond acceptors (Lipinski definition) is 8. The Morgan fingerprint density at radius 1 is 1.00 bits per heavy atom. The molecule has 11 heteroatoms. The molecular formula is C35H42N6O5. The van der Waals surface area contributed by atoms with Crippen LogP contribution in [0.1, 0.15) is 58.6 Å². The highest BCUT2D eigenvalue weighted by molar-refractivity contribution is 5.92. The second-order valence-corrected chi connectivity index (χ2v) is 12.8. The highest BCUT2D eigenvalue weighted by atomic mass is 16.5. The van der Waals surface area contributed by atoms with Gasteiger partial charge in [0.25, 0.3) is 17.7 Å². The third-order valence-corrected chi connectivity index (χ3v) is 8.22. The second kappa shape index (κ2) is 13.7. The molecule has 242 valence electrons. The molecule has 2 aromatic carbocycles. The van der Waals surface area contributed by atoms with Crippen LogP contribution in [-0.4, -0.2) is 58.4 Å². The third kappa shape index (κ3) is 7.54. The van der Waals surface area contributed by atoms with Crippen LogP contribution in [0.5, 0.6) is 0 Å². The minimum absolute atomic E-state index is 0.316. The van der Waals surface area contributed by atoms with Gasteiger partial charge < -0.3 is 10.1 Å². The molecule has 1 aromatic heterocycles. The average Bonchev–Trinajstić information content (AvgIpc) is 3.04. The van der Waals surface area contributed by atoms with E-state index in [2.05, 4.69) is 16.2 Å². The summed E-state index contributed by atoms with van der Waals surface area (Å²) in [6.07, 6.45) is 3.56. The lowest BCUT2D eigenvalue weighted by Crippen LogP contribution is -2.62. The van der Waals surface area contributed by atoms with Crippen LogP contribution in [0.25, 0.3) is 17.0 Å². The maximum Gasteiger partial charge on any atom is 0.316 e. The zero-order chi connectivity index (χ0) is 33.0. The van der Waals surface area contributed by atoms with Gasteiger partial charge in [0.15, 0.2) is 6.10 Å². The van der Waals surface area contributed by atoms with Crippen LogP contribution in [0.4, 0.5) is 5.82 Å². The lowest BCUT2D eigenvalue weighted by atomic mass is 9.92. The van der Waals surface area contributed by atoms with E-state index in [1.165, 1.54) is 5.01 Å². The summed E-state index contributed by atoms with van der Waals surface area (Å²) in [6.45, 7) is 9.31. The number of anilines is 1. The quantitative estimate of drug-likeness (QED) is 0.373. The number of aromatic nitrogens is 1. The fourth-order valence-corrected chi connectivity index (χ4v) is 5.39. The summed E-state index contributed by atoms with van der Waals surface area (Å²) in [7, 11) is 0. The highest BCUT2D eigenvalue weighted by Gasteiger charge is 2.36. The Kier molecular flexibility index (Phi) is 9.71. The van der Waals surface area contributed by atoms with Gasteiger partial charge in [0.1, 0.15) is 17.9 Å². The maximum atomic E-state index is 13.7. The van der Waals surface area contributed by atoms with E-state index in [0.29, 0.717) is 37.3 Å². The number of pyridine rings is 1. The molecule has 11 nitrogen and oxygen atoms in total. The van der Waals surface area contributed by atoms with Gasteiger partial charge in [-0.1, -0.05) is 68.5 Å². The van der Waals surface area contributed by atoms with Gasteiger partial charge in [-0.15, -0.1) is 0 Å². The SMILES string of the molecule is CC(C)[C@@H]1OC(=O)C(C)(C)/C=C/c2ccc3ccc(nc3c2)N(Cc2ccccc2)NC(=O)[C@@H]2CCCN(N2)C(=O)[C@H](C)NC1=O. The van der Waals surface area contributed by atoms with Crippen molar-refractivity contribution >= 4 is 46.5 Å². The average molecular weight is 627 g/mol. The number of nitrogens with one attached hydrogen (secondary N) is 3. The monoisotopic (exact) mass is 626 g/mol. The second-order valence-electron chi connectivity index (χ2n) is 12.8. The molecule has 3 N–H and O–H groups in total. The number of esters is 1. The molecule has 3 aromatic rings. The summed E-state index contributed by atoms with van der Waals surface area (Å²) in [5.74, 6) is -1.64. The van der Waals surface area contributed by atoms with Crippen LogP contribution in [0.3, 0.4) is 0 Å². The zero-order valence-electron chi connectivity index (χ0n) is 26.9. The van der Waals surface area contributed by atoms with Crippen molar-refractivity contribution in [1.29, 1.82) is 0 Å². The number of hydrazine groups is 2. The van der Waals surface area contributed by atoms with Gasteiger partial charge in [0.05, 0.1) is 17.5 Å². The van der Waals surface area contributed by atoms with Crippen molar-refractivity contribution < 1.29 is 23.9 Å². The summed E-state index contributed by atoms with van der Waals surface area (Å²) >= 11 is 0. The first kappa shape index (κ1) is 32.6. The first-order valence-electron chi connectivity index (χ1n) is 15.7. The minimum atomic E-state index is -1.10. The van der Waals surface area contributed by atoms with E-state index in [0.717, 1.165) is 16.5 Å². The Labute approximate surface area is 269 Å². The third-order valence-electron chi connectivity index (χ3n) is 8.22. The molecule has 2 aliphatic heterocycles. The van der Waals surface area contributed by atoms with Crippen LogP contribution in [-0.2, 0) is 30.5 Å². The van der Waals surface area contributed by atoms with Crippen LogP contribution in [0.2, 0.25) is 0 Å². The number of rotatable bonds is 3. The van der Waals surface area contributed by atoms with E-state index < -0.39 is 41.4 Å². The van der Waals surface area contributed by atoms with Gasteiger partial charge in [-0.2, -0.15) is 0 Å². The van der Waals surface area contributed by atoms with Crippen molar-refractivity contribution in [3.8, 4) is 0 Å². The van der Waals surface area contributed by atoms with Crippen molar-refractivity contribution in [1.82, 2.24) is 26.2 Å². The molecule has 5 rings (SSSR count). The summed E-state index contributed by atoms with van der Waals surface area (Å²) in [4.78, 5) is 58.6. The molecule has 0 saturated carbocycles. The number of hydrogen-bond donors (Lipinski definition) is 3. The van der Waals surface area contributed by atoms with E-state index in [1.807, 2.05) is 66.7 Å². The van der Waals surface area contributed by atoms with Gasteiger partial charge in [-0.05, 0) is 68.9 Å².